The number of carbonyl (C=O) groups is 9. The second-order valence-electron chi connectivity index (χ2n) is 35.5. The Hall–Kier alpha value is -12.1. The Balaban J connectivity index is 0.999. The minimum atomic E-state index is -2.51. The zero-order valence-electron chi connectivity index (χ0n) is 74.6. The summed E-state index contributed by atoms with van der Waals surface area (Å²) in [6.45, 7) is 2.37. The van der Waals surface area contributed by atoms with E-state index in [0.29, 0.717) is 18.8 Å². The molecule has 138 heavy (non-hydrogen) atoms. The largest absolute Gasteiger partial charge is 0.508 e. The number of aliphatic hydroxyl groups is 10. The van der Waals surface area contributed by atoms with Crippen molar-refractivity contribution < 1.29 is 157 Å². The highest BCUT2D eigenvalue weighted by molar-refractivity contribution is 6.32. The Morgan fingerprint density at radius 3 is 1.70 bits per heavy atom. The third-order valence-corrected chi connectivity index (χ3v) is 25.8. The fourth-order valence-electron chi connectivity index (χ4n) is 17.7. The molecule has 7 aromatic rings. The van der Waals surface area contributed by atoms with E-state index in [2.05, 4.69) is 56.4 Å². The highest BCUT2D eigenvalue weighted by atomic mass is 35.5. The van der Waals surface area contributed by atoms with Crippen molar-refractivity contribution in [3.63, 3.8) is 0 Å². The predicted octanol–water partition coefficient (Wildman–Crippen LogP) is 0.709. The number of aromatic hydroxyl groups is 4. The molecule has 17 bridgehead atoms. The van der Waals surface area contributed by atoms with Crippen LogP contribution in [0, 0.1) is 5.92 Å². The number of carbonyl (C=O) groups excluding carboxylic acids is 9. The quantitative estimate of drug-likeness (QED) is 0.0496. The van der Waals surface area contributed by atoms with Crippen LogP contribution in [0.25, 0.3) is 11.1 Å². The second-order valence-corrected chi connectivity index (χ2v) is 36.3. The van der Waals surface area contributed by atoms with E-state index in [1.165, 1.54) is 41.3 Å². The maximum absolute atomic E-state index is 17.2. The third-order valence-electron chi connectivity index (χ3n) is 25.2. The summed E-state index contributed by atoms with van der Waals surface area (Å²) in [4.78, 5) is 145. The summed E-state index contributed by atoms with van der Waals surface area (Å²) >= 11 is 14.9. The molecule has 23 atom stereocenters. The summed E-state index contributed by atoms with van der Waals surface area (Å²) in [7, 11) is 1.76. The molecule has 24 N–H and O–H groups in total. The van der Waals surface area contributed by atoms with Gasteiger partial charge < -0.3 is 172 Å². The van der Waals surface area contributed by atoms with Gasteiger partial charge in [0.2, 0.25) is 71.5 Å². The van der Waals surface area contributed by atoms with Crippen molar-refractivity contribution in [2.24, 2.45) is 11.7 Å². The number of hydrogen-bond donors (Lipinski definition) is 23. The fourth-order valence-corrected chi connectivity index (χ4v) is 18.2. The van der Waals surface area contributed by atoms with Crippen LogP contribution in [0.1, 0.15) is 135 Å². The first-order valence-corrected chi connectivity index (χ1v) is 45.4. The molecular formula is C93H107Cl2N11O32. The van der Waals surface area contributed by atoms with Crippen LogP contribution in [0.15, 0.2) is 115 Å². The number of piperazine rings is 1. The third kappa shape index (κ3) is 21.8. The molecule has 0 saturated carbocycles. The lowest BCUT2D eigenvalue weighted by atomic mass is 9.88. The molecule has 740 valence electrons. The number of amides is 9. The minimum absolute atomic E-state index is 0.0352. The molecule has 0 spiro atoms. The number of benzene rings is 7. The molecule has 9 amide bonds. The number of nitrogens with two attached hydrogens (primary N) is 1. The van der Waals surface area contributed by atoms with Crippen LogP contribution in [-0.4, -0.2) is 292 Å². The number of likely N-dealkylation sites (N-methyl/N-ethyl adjacent to an activating group) is 1. The summed E-state index contributed by atoms with van der Waals surface area (Å²) in [5, 5.41) is 182. The van der Waals surface area contributed by atoms with Crippen molar-refractivity contribution in [2.75, 3.05) is 53.0 Å². The van der Waals surface area contributed by atoms with Gasteiger partial charge in [-0.05, 0) is 137 Å². The van der Waals surface area contributed by atoms with E-state index in [1.54, 1.807) is 7.05 Å². The maximum atomic E-state index is 17.2. The zero-order chi connectivity index (χ0) is 98.8. The van der Waals surface area contributed by atoms with Crippen LogP contribution in [0.2, 0.25) is 10.0 Å². The summed E-state index contributed by atoms with van der Waals surface area (Å²) < 4.78 is 58.4. The fraction of sp³-hybridized carbons (Fsp3) is 0.452. The molecule has 17 rings (SSSR count). The number of rotatable bonds is 19. The number of unbranched alkanes of at least 4 members (excludes halogenated alkanes) is 3. The average molecular weight is 1960 g/mol. The zero-order valence-corrected chi connectivity index (χ0v) is 76.1. The topological polar surface area (TPSA) is 649 Å². The molecule has 4 saturated heterocycles. The van der Waals surface area contributed by atoms with E-state index in [4.69, 9.17) is 71.6 Å². The number of phenolic OH excluding ortho intramolecular Hbond substituents is 4. The monoisotopic (exact) mass is 1960 g/mol. The SMILES string of the molecule is CC(=O)N[C@@H]1[C@H](O[C@@H]2c3ccc(c(Cl)c3)Oc3cc4cc(c3O[C@@H]3O[C@@H](CO)[C@@H](O)[C@H](O)[C@@H]3NC(=O)CCCCCCC(C)C)Oc3ccc(cc3Cl)C[C@H]3NC(=O)[C@H](N)c5ccc(O)c(c5)Oc5cc(O)cc(c5)[C@H](NC3=O)C(=O)N[C@H]4C(=O)N[C@H]3C(=O)N[C@@H]2C(=O)N[C@H](C(=O)N2CCN(C)CC2)c2cc(O)cc(O[C@H]4O[C@H](CO)[C@@H](O)[C@@H](O)[C@@H]4O)c2-c2cc3ccc2O)O[C@@H](CO)[C@@H](O)[C@@H]1O. The first-order valence-electron chi connectivity index (χ1n) is 44.7. The summed E-state index contributed by atoms with van der Waals surface area (Å²) in [5.41, 5.74) is 3.55. The van der Waals surface area contributed by atoms with E-state index < -0.39 is 304 Å². The second kappa shape index (κ2) is 42.7. The van der Waals surface area contributed by atoms with Gasteiger partial charge >= 0.3 is 0 Å². The molecule has 0 aliphatic carbocycles. The summed E-state index contributed by atoms with van der Waals surface area (Å²) in [6.07, 6.45) is -25.5. The van der Waals surface area contributed by atoms with Gasteiger partial charge in [0.05, 0.1) is 29.9 Å². The van der Waals surface area contributed by atoms with Gasteiger partial charge in [0.25, 0.3) is 0 Å². The smallest absolute Gasteiger partial charge is 0.249 e. The van der Waals surface area contributed by atoms with Gasteiger partial charge in [-0.2, -0.15) is 0 Å². The lowest BCUT2D eigenvalue weighted by molar-refractivity contribution is -0.284. The number of nitrogens with one attached hydrogen (secondary N) is 8. The van der Waals surface area contributed by atoms with Gasteiger partial charge in [0.15, 0.2) is 29.3 Å². The predicted molar refractivity (Wildman–Crippen MR) is 480 cm³/mol. The Morgan fingerprint density at radius 2 is 1.07 bits per heavy atom. The van der Waals surface area contributed by atoms with E-state index in [1.807, 2.05) is 4.90 Å². The Bertz CT molecular complexity index is 5760. The van der Waals surface area contributed by atoms with Crippen molar-refractivity contribution in [2.45, 2.75) is 206 Å². The molecule has 10 heterocycles. The molecule has 7 aromatic carbocycles. The Labute approximate surface area is 797 Å². The number of aliphatic hydroxyl groups excluding tert-OH is 10. The standard InChI is InChI=1S/C93H107Cl2N11O32/c1-38(2)9-7-5-6-8-10-65(115)99-73-79(120)76(117)63(36-108)135-92(73)138-83-60-30-45-31-61(83)132-57-18-14-43(28-52(57)95)82(137-91-72(97-39(3)110)78(119)75(116)62(35-107)134-91)74-89(128)103-71(90(129)106-21-19-105(4)20-22-106)50-33-47(112)34-59(133-93-81(122)80(121)77(118)64(37-109)136-93)66(50)49-27-42(13-15-54(49)113)68(86(125)104-74)101-88(127)70(45)102-87(126)69-44-25-46(111)32-48(26-44)130-58-29-41(12-16-55(58)114)67(96)85(124)98-53(84(123)100-69)24-40-11-17-56(131-60)51(94)23-40/h11-18,23,25-34,38,53,62-64,67-82,91-93,107-109,111-114,116-122H,5-10,19-22,24,35-37,96H2,1-4H3,(H,97,110)(H,98,124)(H,99,115)(H,100,123)(H,101,127)(H,102,126)(H,103,128)(H,104,125)/t53-,62+,63+,64-,67-,68-,69+,70-,71+,72+,73+,74+,75-,76-,77-,78-,79-,80-,81+,82-,91+,92+,93+/m1/s1. The number of hydrogen-bond acceptors (Lipinski definition) is 34. The number of nitrogens with zero attached hydrogens (tertiary/aromatic N) is 2. The Morgan fingerprint density at radius 1 is 0.507 bits per heavy atom. The number of phenols is 4. The van der Waals surface area contributed by atoms with Gasteiger partial charge in [-0.1, -0.05) is 87.0 Å². The molecule has 10 aliphatic rings. The number of halogens is 2. The maximum Gasteiger partial charge on any atom is 0.249 e. The molecular weight excluding hydrogens is 1850 g/mol. The summed E-state index contributed by atoms with van der Waals surface area (Å²) in [6, 6.07) is 2.20. The molecule has 45 heteroatoms. The lowest BCUT2D eigenvalue weighted by Crippen LogP contribution is -2.65. The molecule has 43 nitrogen and oxygen atoms in total. The molecule has 10 aliphatic heterocycles. The average Bonchev–Trinajstić information content (AvgIpc) is 0.750. The van der Waals surface area contributed by atoms with E-state index in [9.17, 15) is 85.9 Å². The van der Waals surface area contributed by atoms with Crippen LogP contribution >= 0.6 is 23.2 Å². The van der Waals surface area contributed by atoms with Crippen LogP contribution in [-0.2, 0) is 68.5 Å². The van der Waals surface area contributed by atoms with Gasteiger partial charge in [-0.25, -0.2) is 0 Å². The van der Waals surface area contributed by atoms with E-state index in [0.717, 1.165) is 105 Å². The van der Waals surface area contributed by atoms with Gasteiger partial charge in [-0.15, -0.1) is 0 Å². The molecule has 0 radical (unpaired) electrons. The van der Waals surface area contributed by atoms with Crippen LogP contribution < -0.4 is 72.0 Å². The Kier molecular flexibility index (Phi) is 31.1. The lowest BCUT2D eigenvalue weighted by Gasteiger charge is -2.44. The van der Waals surface area contributed by atoms with Crippen molar-refractivity contribution >= 4 is 76.4 Å². The molecule has 0 unspecified atom stereocenters. The number of fused-ring (bicyclic) bond motifs is 14. The van der Waals surface area contributed by atoms with Crippen LogP contribution in [0.3, 0.4) is 0 Å². The van der Waals surface area contributed by atoms with Crippen LogP contribution in [0.5, 0.6) is 69.0 Å². The first kappa shape index (κ1) is 100. The van der Waals surface area contributed by atoms with Gasteiger partial charge in [0.1, 0.15) is 162 Å². The van der Waals surface area contributed by atoms with Gasteiger partial charge in [0, 0.05) is 69.2 Å². The van der Waals surface area contributed by atoms with Crippen molar-refractivity contribution in [1.29, 1.82) is 0 Å². The normalized spacial score (nSPS) is 29.0. The van der Waals surface area contributed by atoms with E-state index >= 15 is 28.8 Å². The van der Waals surface area contributed by atoms with Crippen molar-refractivity contribution in [3.05, 3.63) is 164 Å². The minimum Gasteiger partial charge on any atom is -0.508 e. The number of ether oxygens (including phenoxy) is 9. The summed E-state index contributed by atoms with van der Waals surface area (Å²) in [5.74, 6) is -17.3. The van der Waals surface area contributed by atoms with Gasteiger partial charge in [-0.3, -0.25) is 43.2 Å². The van der Waals surface area contributed by atoms with Crippen molar-refractivity contribution in [3.8, 4) is 80.1 Å². The van der Waals surface area contributed by atoms with Crippen molar-refractivity contribution in [1.82, 2.24) is 52.3 Å². The highest BCUT2D eigenvalue weighted by Crippen LogP contribution is 2.51. The van der Waals surface area contributed by atoms with E-state index in [-0.39, 0.29) is 77.1 Å². The first-order chi connectivity index (χ1) is 65.8. The van der Waals surface area contributed by atoms with Crippen LogP contribution in [0.4, 0.5) is 0 Å². The highest BCUT2D eigenvalue weighted by Gasteiger charge is 2.53. The molecule has 4 fully saturated rings. The molecule has 0 aromatic heterocycles.